The molecule has 0 spiro atoms. The number of halogens is 1. The molecule has 0 unspecified atom stereocenters. The molecule has 21 heavy (non-hydrogen) atoms. The Morgan fingerprint density at radius 2 is 1.95 bits per heavy atom. The van der Waals surface area contributed by atoms with Gasteiger partial charge < -0.3 is 5.32 Å². The number of aromatic nitrogens is 2. The van der Waals surface area contributed by atoms with Crippen molar-refractivity contribution < 1.29 is 9.18 Å². The molecule has 112 valence electrons. The highest BCUT2D eigenvalue weighted by molar-refractivity contribution is 5.96. The second-order valence-electron chi connectivity index (χ2n) is 5.28. The monoisotopic (exact) mass is 289 g/mol. The van der Waals surface area contributed by atoms with E-state index in [4.69, 9.17) is 0 Å². The van der Waals surface area contributed by atoms with Crippen LogP contribution in [-0.4, -0.2) is 21.7 Å². The summed E-state index contributed by atoms with van der Waals surface area (Å²) in [5, 5.41) is 7.34. The normalized spacial score (nSPS) is 11.0. The van der Waals surface area contributed by atoms with Crippen LogP contribution in [0.15, 0.2) is 24.3 Å². The van der Waals surface area contributed by atoms with Gasteiger partial charge in [0.1, 0.15) is 5.82 Å². The number of nitrogens with zero attached hydrogens (tertiary/aromatic N) is 2. The van der Waals surface area contributed by atoms with Crippen LogP contribution in [0.5, 0.6) is 0 Å². The van der Waals surface area contributed by atoms with Crippen molar-refractivity contribution in [3.63, 3.8) is 0 Å². The Labute approximate surface area is 124 Å². The van der Waals surface area contributed by atoms with Gasteiger partial charge in [0.05, 0.1) is 22.6 Å². The number of nitrogens with one attached hydrogen (secondary N) is 1. The first kappa shape index (κ1) is 15.2. The van der Waals surface area contributed by atoms with Crippen molar-refractivity contribution in [2.45, 2.75) is 40.2 Å². The van der Waals surface area contributed by atoms with Gasteiger partial charge in [-0.05, 0) is 51.5 Å². The molecule has 2 aromatic rings. The smallest absolute Gasteiger partial charge is 0.255 e. The quantitative estimate of drug-likeness (QED) is 0.940. The number of carbonyl (C=O) groups excluding carboxylic acids is 1. The Balaban J connectivity index is 2.49. The predicted molar refractivity (Wildman–Crippen MR) is 80.2 cm³/mol. The molecule has 0 atom stereocenters. The second-order valence-corrected chi connectivity index (χ2v) is 5.28. The summed E-state index contributed by atoms with van der Waals surface area (Å²) in [6.07, 6.45) is 0.666. The van der Waals surface area contributed by atoms with Gasteiger partial charge in [0.25, 0.3) is 5.91 Å². The minimum Gasteiger partial charge on any atom is -0.350 e. The number of hydrogen-bond acceptors (Lipinski definition) is 2. The van der Waals surface area contributed by atoms with Crippen LogP contribution in [0.1, 0.15) is 42.5 Å². The van der Waals surface area contributed by atoms with Crippen LogP contribution < -0.4 is 5.32 Å². The summed E-state index contributed by atoms with van der Waals surface area (Å²) < 4.78 is 14.8. The van der Waals surface area contributed by atoms with E-state index in [2.05, 4.69) is 10.4 Å². The average Bonchev–Trinajstić information content (AvgIpc) is 2.75. The molecule has 0 radical (unpaired) electrons. The lowest BCUT2D eigenvalue weighted by atomic mass is 10.1. The molecule has 0 saturated heterocycles. The van der Waals surface area contributed by atoms with Crippen LogP contribution in [0.4, 0.5) is 4.39 Å². The summed E-state index contributed by atoms with van der Waals surface area (Å²) in [7, 11) is 0. The van der Waals surface area contributed by atoms with Crippen molar-refractivity contribution in [2.75, 3.05) is 0 Å². The fourth-order valence-corrected chi connectivity index (χ4v) is 2.33. The maximum Gasteiger partial charge on any atom is 0.255 e. The lowest BCUT2D eigenvalue weighted by molar-refractivity contribution is 0.0941. The van der Waals surface area contributed by atoms with Crippen molar-refractivity contribution in [3.8, 4) is 5.69 Å². The number of amides is 1. The van der Waals surface area contributed by atoms with E-state index in [1.165, 1.54) is 12.1 Å². The number of carbonyl (C=O) groups is 1. The maximum atomic E-state index is 13.0. The minimum absolute atomic E-state index is 0.0655. The molecule has 0 saturated carbocycles. The lowest BCUT2D eigenvalue weighted by Gasteiger charge is -2.10. The zero-order valence-electron chi connectivity index (χ0n) is 12.8. The van der Waals surface area contributed by atoms with E-state index in [-0.39, 0.29) is 17.8 Å². The van der Waals surface area contributed by atoms with E-state index in [0.29, 0.717) is 17.7 Å². The molecule has 1 N–H and O–H groups in total. The third-order valence-corrected chi connectivity index (χ3v) is 3.21. The highest BCUT2D eigenvalue weighted by Gasteiger charge is 2.21. The Kier molecular flexibility index (Phi) is 4.40. The molecule has 5 heteroatoms. The molecule has 1 aromatic heterocycles. The zero-order valence-corrected chi connectivity index (χ0v) is 12.8. The molecule has 0 fully saturated rings. The summed E-state index contributed by atoms with van der Waals surface area (Å²) in [6.45, 7) is 7.63. The molecular weight excluding hydrogens is 269 g/mol. The highest BCUT2D eigenvalue weighted by atomic mass is 19.1. The average molecular weight is 289 g/mol. The van der Waals surface area contributed by atoms with E-state index in [1.807, 2.05) is 27.7 Å². The summed E-state index contributed by atoms with van der Waals surface area (Å²) in [5.41, 5.74) is 2.86. The maximum absolute atomic E-state index is 13.0. The topological polar surface area (TPSA) is 46.9 Å². The van der Waals surface area contributed by atoms with E-state index in [0.717, 1.165) is 11.4 Å². The second kappa shape index (κ2) is 6.08. The Hall–Kier alpha value is -2.17. The van der Waals surface area contributed by atoms with Crippen LogP contribution >= 0.6 is 0 Å². The van der Waals surface area contributed by atoms with Crippen molar-refractivity contribution in [3.05, 3.63) is 47.0 Å². The summed E-state index contributed by atoms with van der Waals surface area (Å²) in [5.74, 6) is -0.411. The molecule has 0 aliphatic carbocycles. The van der Waals surface area contributed by atoms with Crippen LogP contribution in [0, 0.1) is 12.7 Å². The van der Waals surface area contributed by atoms with Gasteiger partial charge in [0.2, 0.25) is 0 Å². The fourth-order valence-electron chi connectivity index (χ4n) is 2.33. The van der Waals surface area contributed by atoms with Crippen LogP contribution in [0.25, 0.3) is 5.69 Å². The number of benzene rings is 1. The first-order chi connectivity index (χ1) is 9.93. The summed E-state index contributed by atoms with van der Waals surface area (Å²) >= 11 is 0. The van der Waals surface area contributed by atoms with E-state index < -0.39 is 0 Å². The lowest BCUT2D eigenvalue weighted by Crippen LogP contribution is -2.31. The van der Waals surface area contributed by atoms with Gasteiger partial charge in [0, 0.05) is 6.04 Å². The van der Waals surface area contributed by atoms with E-state index in [1.54, 1.807) is 16.8 Å². The Morgan fingerprint density at radius 3 is 2.48 bits per heavy atom. The molecule has 0 bridgehead atoms. The Morgan fingerprint density at radius 1 is 1.33 bits per heavy atom. The molecule has 1 aromatic carbocycles. The number of aryl methyl sites for hydroxylation is 1. The van der Waals surface area contributed by atoms with Crippen LogP contribution in [0.2, 0.25) is 0 Å². The van der Waals surface area contributed by atoms with E-state index >= 15 is 0 Å². The van der Waals surface area contributed by atoms with Gasteiger partial charge in [-0.3, -0.25) is 4.79 Å². The molecule has 4 nitrogen and oxygen atoms in total. The van der Waals surface area contributed by atoms with Gasteiger partial charge in [-0.15, -0.1) is 0 Å². The molecule has 0 aliphatic heterocycles. The Bertz CT molecular complexity index is 644. The van der Waals surface area contributed by atoms with Gasteiger partial charge in [-0.25, -0.2) is 9.07 Å². The van der Waals surface area contributed by atoms with E-state index in [9.17, 15) is 9.18 Å². The fraction of sp³-hybridized carbons (Fsp3) is 0.375. The van der Waals surface area contributed by atoms with Crippen molar-refractivity contribution in [1.29, 1.82) is 0 Å². The van der Waals surface area contributed by atoms with Crippen molar-refractivity contribution in [2.24, 2.45) is 0 Å². The minimum atomic E-state index is -0.293. The summed E-state index contributed by atoms with van der Waals surface area (Å²) in [4.78, 5) is 12.3. The van der Waals surface area contributed by atoms with Gasteiger partial charge >= 0.3 is 0 Å². The first-order valence-corrected chi connectivity index (χ1v) is 7.09. The van der Waals surface area contributed by atoms with Crippen molar-refractivity contribution in [1.82, 2.24) is 15.1 Å². The van der Waals surface area contributed by atoms with Crippen LogP contribution in [0.3, 0.4) is 0 Å². The van der Waals surface area contributed by atoms with Gasteiger partial charge in [0.15, 0.2) is 0 Å². The SMILES string of the molecule is CCc1c(C(=O)NC(C)C)c(C)nn1-c1ccc(F)cc1. The third kappa shape index (κ3) is 3.12. The predicted octanol–water partition coefficient (Wildman–Crippen LogP) is 3.02. The zero-order chi connectivity index (χ0) is 15.6. The van der Waals surface area contributed by atoms with Crippen LogP contribution in [-0.2, 0) is 6.42 Å². The van der Waals surface area contributed by atoms with Crippen molar-refractivity contribution >= 4 is 5.91 Å². The molecular formula is C16H20FN3O. The highest BCUT2D eigenvalue weighted by Crippen LogP contribution is 2.20. The first-order valence-electron chi connectivity index (χ1n) is 7.09. The molecule has 1 heterocycles. The molecule has 2 rings (SSSR count). The van der Waals surface area contributed by atoms with Gasteiger partial charge in [-0.1, -0.05) is 6.92 Å². The standard InChI is InChI=1S/C16H20FN3O/c1-5-14-15(16(21)18-10(2)3)11(4)19-20(14)13-8-6-12(17)7-9-13/h6-10H,5H2,1-4H3,(H,18,21). The molecule has 0 aliphatic rings. The largest absolute Gasteiger partial charge is 0.350 e. The van der Waals surface area contributed by atoms with Gasteiger partial charge in [-0.2, -0.15) is 5.10 Å². The third-order valence-electron chi connectivity index (χ3n) is 3.21. The number of hydrogen-bond donors (Lipinski definition) is 1. The molecule has 1 amide bonds. The number of rotatable bonds is 4. The summed E-state index contributed by atoms with van der Waals surface area (Å²) in [6, 6.07) is 6.16.